The van der Waals surface area contributed by atoms with E-state index in [4.69, 9.17) is 29.0 Å². The molecule has 2 heterocycles. The summed E-state index contributed by atoms with van der Waals surface area (Å²) in [7, 11) is 0. The second-order valence-electron chi connectivity index (χ2n) is 7.55. The van der Waals surface area contributed by atoms with E-state index in [1.165, 1.54) is 0 Å². The first kappa shape index (κ1) is 19.4. The van der Waals surface area contributed by atoms with Crippen LogP contribution in [-0.2, 0) is 9.53 Å². The van der Waals surface area contributed by atoms with E-state index in [0.29, 0.717) is 5.02 Å². The zero-order valence-corrected chi connectivity index (χ0v) is 17.7. The lowest BCUT2D eigenvalue weighted by molar-refractivity contribution is -0.120. The molecule has 2 aliphatic heterocycles. The molecule has 4 rings (SSSR count). The number of benzene rings is 2. The van der Waals surface area contributed by atoms with Crippen molar-refractivity contribution in [2.75, 3.05) is 41.0 Å². The summed E-state index contributed by atoms with van der Waals surface area (Å²) >= 11 is 10.9. The molecule has 0 bridgehead atoms. The van der Waals surface area contributed by atoms with Crippen LogP contribution in [0.1, 0.15) is 13.8 Å². The average Bonchev–Trinajstić information content (AvgIpc) is 2.87. The van der Waals surface area contributed by atoms with Gasteiger partial charge in [-0.1, -0.05) is 17.7 Å². The predicted octanol–water partition coefficient (Wildman–Crippen LogP) is 4.02. The molecule has 0 aliphatic carbocycles. The van der Waals surface area contributed by atoms with Gasteiger partial charge in [0.1, 0.15) is 5.54 Å². The monoisotopic (exact) mass is 417 g/mol. The molecule has 0 radical (unpaired) electrons. The minimum atomic E-state index is -0.727. The van der Waals surface area contributed by atoms with Gasteiger partial charge in [-0.25, -0.2) is 0 Å². The molecular weight excluding hydrogens is 394 g/mol. The average molecular weight is 418 g/mol. The number of carbonyl (C=O) groups excluding carboxylic acids is 1. The van der Waals surface area contributed by atoms with E-state index < -0.39 is 11.0 Å². The maximum atomic E-state index is 13.2. The number of morpholine rings is 1. The quantitative estimate of drug-likeness (QED) is 0.765. The molecule has 148 valence electrons. The van der Waals surface area contributed by atoms with Gasteiger partial charge in [0.05, 0.1) is 13.2 Å². The predicted molar refractivity (Wildman–Crippen MR) is 118 cm³/mol. The number of anilines is 3. The summed E-state index contributed by atoms with van der Waals surface area (Å²) in [6, 6.07) is 15.6. The van der Waals surface area contributed by atoms with Crippen LogP contribution >= 0.6 is 24.2 Å². The van der Waals surface area contributed by atoms with Crippen molar-refractivity contribution < 1.29 is 9.53 Å². The van der Waals surface area contributed by atoms with E-state index in [2.05, 4.69) is 29.2 Å². The topological polar surface area (TPSA) is 36.0 Å². The molecule has 1 atom stereocenters. The summed E-state index contributed by atoms with van der Waals surface area (Å²) < 4.78 is 5.43. The molecule has 2 aliphatic rings. The van der Waals surface area contributed by atoms with Crippen LogP contribution in [0.3, 0.4) is 0 Å². The normalized spacial score (nSPS) is 22.1. The molecule has 2 aromatic rings. The van der Waals surface area contributed by atoms with Crippen molar-refractivity contribution in [2.24, 2.45) is 0 Å². The van der Waals surface area contributed by atoms with Crippen molar-refractivity contribution >= 4 is 47.2 Å². The molecule has 7 heteroatoms. The van der Waals surface area contributed by atoms with E-state index in [1.54, 1.807) is 17.0 Å². The number of nitrogens with zero attached hydrogens (tertiary/aromatic N) is 3. The first-order valence-corrected chi connectivity index (χ1v) is 10.3. The number of amides is 1. The molecule has 2 fully saturated rings. The molecule has 5 nitrogen and oxygen atoms in total. The number of carbonyl (C=O) groups is 1. The van der Waals surface area contributed by atoms with E-state index in [1.807, 2.05) is 30.9 Å². The molecule has 0 N–H and O–H groups in total. The Labute approximate surface area is 176 Å². The molecule has 2 aromatic carbocycles. The van der Waals surface area contributed by atoms with Crippen LogP contribution in [0.5, 0.6) is 0 Å². The van der Waals surface area contributed by atoms with Gasteiger partial charge in [0.2, 0.25) is 0 Å². The third-order valence-corrected chi connectivity index (χ3v) is 6.09. The van der Waals surface area contributed by atoms with Crippen molar-refractivity contribution in [3.8, 4) is 0 Å². The molecule has 0 saturated carbocycles. The van der Waals surface area contributed by atoms with Gasteiger partial charge in [0, 0.05) is 35.2 Å². The van der Waals surface area contributed by atoms with E-state index in [0.717, 1.165) is 43.4 Å². The maximum absolute atomic E-state index is 13.2. The largest absolute Gasteiger partial charge is 0.378 e. The van der Waals surface area contributed by atoms with E-state index >= 15 is 0 Å². The van der Waals surface area contributed by atoms with Gasteiger partial charge in [0.15, 0.2) is 5.50 Å². The Morgan fingerprint density at radius 2 is 1.68 bits per heavy atom. The van der Waals surface area contributed by atoms with Gasteiger partial charge in [0.25, 0.3) is 5.91 Å². The summed E-state index contributed by atoms with van der Waals surface area (Å²) in [4.78, 5) is 19.3. The number of hydrogen-bond acceptors (Lipinski definition) is 5. The highest BCUT2D eigenvalue weighted by Gasteiger charge is 2.51. The van der Waals surface area contributed by atoms with Gasteiger partial charge < -0.3 is 14.5 Å². The number of rotatable bonds is 3. The van der Waals surface area contributed by atoms with Gasteiger partial charge in [-0.15, -0.1) is 12.6 Å². The second kappa shape index (κ2) is 7.50. The Hall–Kier alpha value is -1.89. The Kier molecular flexibility index (Phi) is 5.21. The first-order valence-electron chi connectivity index (χ1n) is 9.39. The number of ether oxygens (including phenoxy) is 1. The lowest BCUT2D eigenvalue weighted by Gasteiger charge is -2.34. The van der Waals surface area contributed by atoms with Crippen LogP contribution in [0.4, 0.5) is 17.1 Å². The maximum Gasteiger partial charge on any atom is 0.254 e. The highest BCUT2D eigenvalue weighted by Crippen LogP contribution is 2.40. The lowest BCUT2D eigenvalue weighted by Crippen LogP contribution is -2.45. The van der Waals surface area contributed by atoms with Crippen molar-refractivity contribution in [1.29, 1.82) is 0 Å². The van der Waals surface area contributed by atoms with Crippen molar-refractivity contribution in [1.82, 2.24) is 0 Å². The SMILES string of the molecule is CC1(C)C(=O)N(c2cccc(Cl)c2)C(S)N1c1ccc(N2CCOCC2)cc1. The van der Waals surface area contributed by atoms with Crippen molar-refractivity contribution in [3.63, 3.8) is 0 Å². The van der Waals surface area contributed by atoms with Gasteiger partial charge in [-0.2, -0.15) is 0 Å². The zero-order valence-electron chi connectivity index (χ0n) is 16.0. The second-order valence-corrected chi connectivity index (χ2v) is 8.44. The Morgan fingerprint density at radius 3 is 2.32 bits per heavy atom. The molecular formula is C21H24ClN3O2S. The molecule has 1 unspecified atom stereocenters. The highest BCUT2D eigenvalue weighted by molar-refractivity contribution is 7.81. The standard InChI is InChI=1S/C21H24ClN3O2S/c1-21(2)19(26)24(18-5-3-4-15(22)14-18)20(28)25(21)17-8-6-16(7-9-17)23-10-12-27-13-11-23/h3-9,14,20,28H,10-13H2,1-2H3. The lowest BCUT2D eigenvalue weighted by atomic mass is 10.0. The van der Waals surface area contributed by atoms with Gasteiger partial charge in [-0.3, -0.25) is 9.69 Å². The smallest absolute Gasteiger partial charge is 0.254 e. The highest BCUT2D eigenvalue weighted by atomic mass is 35.5. The summed E-state index contributed by atoms with van der Waals surface area (Å²) in [5.74, 6) is -0.00739. The number of halogens is 1. The van der Waals surface area contributed by atoms with Crippen LogP contribution in [-0.4, -0.2) is 43.2 Å². The van der Waals surface area contributed by atoms with Gasteiger partial charge >= 0.3 is 0 Å². The van der Waals surface area contributed by atoms with Crippen molar-refractivity contribution in [3.05, 3.63) is 53.6 Å². The minimum absolute atomic E-state index is 0.00739. The first-order chi connectivity index (χ1) is 13.4. The van der Waals surface area contributed by atoms with Crippen LogP contribution in [0, 0.1) is 0 Å². The molecule has 1 amide bonds. The summed E-state index contributed by atoms with van der Waals surface area (Å²) in [5, 5.41) is 0.594. The fourth-order valence-electron chi connectivity index (χ4n) is 3.89. The van der Waals surface area contributed by atoms with E-state index in [9.17, 15) is 4.79 Å². The fourth-order valence-corrected chi connectivity index (χ4v) is 4.73. The van der Waals surface area contributed by atoms with Crippen LogP contribution in [0.15, 0.2) is 48.5 Å². The summed E-state index contributed by atoms with van der Waals surface area (Å²) in [6.45, 7) is 7.15. The fraction of sp³-hybridized carbons (Fsp3) is 0.381. The minimum Gasteiger partial charge on any atom is -0.378 e. The molecule has 2 saturated heterocycles. The summed E-state index contributed by atoms with van der Waals surface area (Å²) in [6.07, 6.45) is 0. The zero-order chi connectivity index (χ0) is 19.9. The Bertz CT molecular complexity index is 868. The van der Waals surface area contributed by atoms with E-state index in [-0.39, 0.29) is 5.91 Å². The number of thiol groups is 1. The summed E-state index contributed by atoms with van der Waals surface area (Å²) in [5.41, 5.74) is 1.72. The molecule has 28 heavy (non-hydrogen) atoms. The van der Waals surface area contributed by atoms with Crippen LogP contribution in [0.25, 0.3) is 0 Å². The molecule has 0 spiro atoms. The molecule has 0 aromatic heterocycles. The Balaban J connectivity index is 1.64. The van der Waals surface area contributed by atoms with Crippen molar-refractivity contribution in [2.45, 2.75) is 24.9 Å². The number of hydrogen-bond donors (Lipinski definition) is 1. The van der Waals surface area contributed by atoms with Gasteiger partial charge in [-0.05, 0) is 56.3 Å². The third kappa shape index (κ3) is 3.34. The van der Waals surface area contributed by atoms with Crippen LogP contribution < -0.4 is 14.7 Å². The third-order valence-electron chi connectivity index (χ3n) is 5.40. The Morgan fingerprint density at radius 1 is 1.04 bits per heavy atom. The van der Waals surface area contributed by atoms with Crippen LogP contribution in [0.2, 0.25) is 5.02 Å².